The molecule has 33 heavy (non-hydrogen) atoms. The van der Waals surface area contributed by atoms with Crippen LogP contribution in [0.5, 0.6) is 0 Å². The zero-order valence-electron chi connectivity index (χ0n) is 20.7. The molecule has 4 aliphatic rings. The van der Waals surface area contributed by atoms with Gasteiger partial charge in [0.15, 0.2) is 0 Å². The van der Waals surface area contributed by atoms with Crippen LogP contribution in [0.3, 0.4) is 0 Å². The Morgan fingerprint density at radius 2 is 1.91 bits per heavy atom. The maximum Gasteiger partial charge on any atom is 0.246 e. The molecule has 0 radical (unpaired) electrons. The van der Waals surface area contributed by atoms with E-state index in [0.717, 1.165) is 32.1 Å². The topological polar surface area (TPSA) is 108 Å². The summed E-state index contributed by atoms with van der Waals surface area (Å²) in [6.45, 7) is 7.74. The van der Waals surface area contributed by atoms with E-state index in [2.05, 4.69) is 10.6 Å². The predicted octanol–water partition coefficient (Wildman–Crippen LogP) is 1.60. The molecular formula is C25H41N3O5. The van der Waals surface area contributed by atoms with E-state index in [9.17, 15) is 19.5 Å². The van der Waals surface area contributed by atoms with Crippen molar-refractivity contribution < 1.29 is 24.2 Å². The lowest BCUT2D eigenvalue weighted by Crippen LogP contribution is -2.60. The predicted molar refractivity (Wildman–Crippen MR) is 123 cm³/mol. The summed E-state index contributed by atoms with van der Waals surface area (Å²) in [5.74, 6) is -2.02. The van der Waals surface area contributed by atoms with Gasteiger partial charge in [0.25, 0.3) is 0 Å². The Morgan fingerprint density at radius 3 is 2.48 bits per heavy atom. The number of nitrogens with one attached hydrogen (secondary N) is 2. The molecule has 0 aromatic carbocycles. The van der Waals surface area contributed by atoms with Gasteiger partial charge in [0.2, 0.25) is 17.7 Å². The number of fused-ring (bicyclic) bond motifs is 1. The van der Waals surface area contributed by atoms with E-state index >= 15 is 0 Å². The van der Waals surface area contributed by atoms with Crippen molar-refractivity contribution in [3.8, 4) is 0 Å². The molecule has 2 bridgehead atoms. The van der Waals surface area contributed by atoms with Crippen molar-refractivity contribution in [2.24, 2.45) is 23.7 Å². The normalized spacial score (nSPS) is 39.9. The highest BCUT2D eigenvalue weighted by atomic mass is 16.5. The van der Waals surface area contributed by atoms with Crippen LogP contribution in [-0.2, 0) is 19.1 Å². The standard InChI is InChI=1S/C25H41N3O5/c1-6-14(2)17(13-29)28-20(22(31)27-16-10-8-7-9-11-16)25-12-15(3)24(4,33-25)18(21(30)26-5)19(25)23(28)32/h14-20,29H,6-13H2,1-5H3,(H,26,30)(H,27,31)/t14-,15?,17-,18+,19-,20?,24-,25?/m0/s1. The van der Waals surface area contributed by atoms with E-state index in [-0.39, 0.29) is 42.2 Å². The van der Waals surface area contributed by atoms with Crippen molar-refractivity contribution in [2.75, 3.05) is 13.7 Å². The first-order valence-electron chi connectivity index (χ1n) is 12.8. The van der Waals surface area contributed by atoms with E-state index in [1.165, 1.54) is 6.42 Å². The number of hydrogen-bond donors (Lipinski definition) is 3. The van der Waals surface area contributed by atoms with E-state index in [1.54, 1.807) is 11.9 Å². The SMILES string of the molecule is CC[C@H](C)[C@H](CO)N1C(=O)[C@@H]2[C@H](C(=O)NC)[C@@]3(C)OC2(CC3C)C1C(=O)NC1CCCCC1. The minimum Gasteiger partial charge on any atom is -0.394 e. The first kappa shape index (κ1) is 24.5. The van der Waals surface area contributed by atoms with Crippen molar-refractivity contribution in [3.63, 3.8) is 0 Å². The van der Waals surface area contributed by atoms with Gasteiger partial charge < -0.3 is 25.4 Å². The van der Waals surface area contributed by atoms with Crippen LogP contribution in [0.1, 0.15) is 72.6 Å². The molecular weight excluding hydrogens is 422 g/mol. The lowest BCUT2D eigenvalue weighted by atomic mass is 9.62. The quantitative estimate of drug-likeness (QED) is 0.532. The molecule has 3 saturated heterocycles. The van der Waals surface area contributed by atoms with Crippen LogP contribution in [0, 0.1) is 23.7 Å². The number of hydrogen-bond acceptors (Lipinski definition) is 5. The molecule has 3 unspecified atom stereocenters. The molecule has 4 fully saturated rings. The first-order chi connectivity index (χ1) is 15.7. The summed E-state index contributed by atoms with van der Waals surface area (Å²) in [4.78, 5) is 42.6. The van der Waals surface area contributed by atoms with Gasteiger partial charge in [-0.05, 0) is 38.0 Å². The third kappa shape index (κ3) is 3.51. The van der Waals surface area contributed by atoms with Gasteiger partial charge in [0, 0.05) is 13.1 Å². The number of carbonyl (C=O) groups excluding carboxylic acids is 3. The van der Waals surface area contributed by atoms with Gasteiger partial charge in [-0.1, -0.05) is 46.5 Å². The first-order valence-corrected chi connectivity index (χ1v) is 12.8. The molecule has 3 aliphatic heterocycles. The molecule has 8 heteroatoms. The number of likely N-dealkylation sites (tertiary alicyclic amines) is 1. The molecule has 4 rings (SSSR count). The number of aliphatic hydroxyl groups excluding tert-OH is 1. The van der Waals surface area contributed by atoms with Crippen LogP contribution < -0.4 is 10.6 Å². The zero-order valence-corrected chi connectivity index (χ0v) is 20.7. The molecule has 186 valence electrons. The summed E-state index contributed by atoms with van der Waals surface area (Å²) in [6.07, 6.45) is 6.54. The third-order valence-electron chi connectivity index (χ3n) is 9.33. The molecule has 0 aromatic rings. The molecule has 8 nitrogen and oxygen atoms in total. The highest BCUT2D eigenvalue weighted by molar-refractivity contribution is 5.99. The Morgan fingerprint density at radius 1 is 1.24 bits per heavy atom. The monoisotopic (exact) mass is 463 g/mol. The van der Waals surface area contributed by atoms with Crippen LogP contribution in [0.25, 0.3) is 0 Å². The lowest BCUT2D eigenvalue weighted by Gasteiger charge is -2.40. The molecule has 8 atom stereocenters. The van der Waals surface area contributed by atoms with Crippen LogP contribution in [-0.4, -0.2) is 70.7 Å². The lowest BCUT2D eigenvalue weighted by molar-refractivity contribution is -0.152. The van der Waals surface area contributed by atoms with Gasteiger partial charge in [0.05, 0.1) is 30.1 Å². The molecule has 1 aliphatic carbocycles. The fraction of sp³-hybridized carbons (Fsp3) is 0.880. The molecule has 3 N–H and O–H groups in total. The van der Waals surface area contributed by atoms with Gasteiger partial charge in [-0.15, -0.1) is 0 Å². The number of aliphatic hydroxyl groups is 1. The zero-order chi connectivity index (χ0) is 24.1. The maximum absolute atomic E-state index is 14.1. The fourth-order valence-electron chi connectivity index (χ4n) is 7.23. The summed E-state index contributed by atoms with van der Waals surface area (Å²) >= 11 is 0. The summed E-state index contributed by atoms with van der Waals surface area (Å²) in [5, 5.41) is 16.3. The largest absolute Gasteiger partial charge is 0.394 e. The number of amides is 3. The summed E-state index contributed by atoms with van der Waals surface area (Å²) in [6, 6.07) is -1.25. The van der Waals surface area contributed by atoms with Gasteiger partial charge >= 0.3 is 0 Å². The number of rotatable bonds is 7. The van der Waals surface area contributed by atoms with Gasteiger partial charge in [-0.25, -0.2) is 0 Å². The Balaban J connectivity index is 1.78. The second-order valence-electron chi connectivity index (χ2n) is 11.0. The molecule has 1 saturated carbocycles. The van der Waals surface area contributed by atoms with Gasteiger partial charge in [-0.2, -0.15) is 0 Å². The summed E-state index contributed by atoms with van der Waals surface area (Å²) in [5.41, 5.74) is -1.86. The van der Waals surface area contributed by atoms with Crippen LogP contribution in [0.2, 0.25) is 0 Å². The maximum atomic E-state index is 14.1. The highest BCUT2D eigenvalue weighted by Crippen LogP contribution is 2.65. The Hall–Kier alpha value is -1.67. The second kappa shape index (κ2) is 8.84. The average molecular weight is 464 g/mol. The number of carbonyl (C=O) groups is 3. The van der Waals surface area contributed by atoms with E-state index < -0.39 is 35.1 Å². The molecule has 0 aromatic heterocycles. The Kier molecular flexibility index (Phi) is 6.55. The number of nitrogens with zero attached hydrogens (tertiary/aromatic N) is 1. The van der Waals surface area contributed by atoms with Crippen molar-refractivity contribution in [3.05, 3.63) is 0 Å². The minimum atomic E-state index is -1.05. The van der Waals surface area contributed by atoms with Gasteiger partial charge in [0.1, 0.15) is 11.6 Å². The van der Waals surface area contributed by atoms with Crippen molar-refractivity contribution in [2.45, 2.75) is 102 Å². The highest BCUT2D eigenvalue weighted by Gasteiger charge is 2.80. The van der Waals surface area contributed by atoms with Crippen molar-refractivity contribution in [1.82, 2.24) is 15.5 Å². The smallest absolute Gasteiger partial charge is 0.246 e. The fourth-order valence-corrected chi connectivity index (χ4v) is 7.23. The van der Waals surface area contributed by atoms with E-state index in [1.807, 2.05) is 27.7 Å². The molecule has 1 spiro atoms. The summed E-state index contributed by atoms with van der Waals surface area (Å²) < 4.78 is 6.69. The van der Waals surface area contributed by atoms with Crippen molar-refractivity contribution in [1.29, 1.82) is 0 Å². The molecule has 3 heterocycles. The third-order valence-corrected chi connectivity index (χ3v) is 9.33. The average Bonchev–Trinajstić information content (AvgIpc) is 3.31. The second-order valence-corrected chi connectivity index (χ2v) is 11.0. The van der Waals surface area contributed by atoms with E-state index in [0.29, 0.717) is 6.42 Å². The van der Waals surface area contributed by atoms with Crippen LogP contribution in [0.4, 0.5) is 0 Å². The Labute approximate surface area is 197 Å². The summed E-state index contributed by atoms with van der Waals surface area (Å²) in [7, 11) is 1.58. The van der Waals surface area contributed by atoms with Crippen LogP contribution in [0.15, 0.2) is 0 Å². The van der Waals surface area contributed by atoms with Crippen molar-refractivity contribution >= 4 is 17.7 Å². The van der Waals surface area contributed by atoms with E-state index in [4.69, 9.17) is 4.74 Å². The Bertz CT molecular complexity index is 799. The molecule has 3 amide bonds. The van der Waals surface area contributed by atoms with Crippen LogP contribution >= 0.6 is 0 Å². The number of ether oxygens (including phenoxy) is 1. The van der Waals surface area contributed by atoms with Gasteiger partial charge in [-0.3, -0.25) is 14.4 Å². The minimum absolute atomic E-state index is 0.00261.